The number of carbonyl (C=O) groups is 2. The van der Waals surface area contributed by atoms with Crippen LogP contribution in [0.15, 0.2) is 0 Å². The van der Waals surface area contributed by atoms with Gasteiger partial charge in [-0.2, -0.15) is 23.5 Å². The lowest BCUT2D eigenvalue weighted by Crippen LogP contribution is -2.56. The summed E-state index contributed by atoms with van der Waals surface area (Å²) in [6.07, 6.45) is 21.8. The van der Waals surface area contributed by atoms with Crippen molar-refractivity contribution >= 4 is 35.1 Å². The first-order chi connectivity index (χ1) is 18.3. The molecule has 6 rings (SSSR count). The van der Waals surface area contributed by atoms with Gasteiger partial charge >= 0.3 is 0 Å². The Morgan fingerprint density at radius 3 is 1.66 bits per heavy atom. The second-order valence-electron chi connectivity index (χ2n) is 15.4. The van der Waals surface area contributed by atoms with E-state index < -0.39 is 0 Å². The Morgan fingerprint density at radius 2 is 1.08 bits per heavy atom. The first kappa shape index (κ1) is 28.2. The van der Waals surface area contributed by atoms with Crippen molar-refractivity contribution in [3.63, 3.8) is 0 Å². The Morgan fingerprint density at radius 1 is 0.553 bits per heavy atom. The Kier molecular flexibility index (Phi) is 8.70. The van der Waals surface area contributed by atoms with E-state index in [0.29, 0.717) is 32.7 Å². The van der Waals surface area contributed by atoms with Crippen LogP contribution >= 0.6 is 23.5 Å². The molecule has 0 aromatic rings. The monoisotopic (exact) mass is 558 g/mol. The number of rotatable bonds is 4. The third kappa shape index (κ3) is 5.71. The van der Waals surface area contributed by atoms with Crippen molar-refractivity contribution in [1.29, 1.82) is 0 Å². The molecule has 9 unspecified atom stereocenters. The summed E-state index contributed by atoms with van der Waals surface area (Å²) in [5.74, 6) is 3.97. The number of Topliss-reactive ketones (excluding diaryl/α,β-unsaturated/α-hetero) is 2. The molecule has 6 saturated carbocycles. The van der Waals surface area contributed by atoms with Crippen molar-refractivity contribution in [3.8, 4) is 0 Å². The third-order valence-corrected chi connectivity index (χ3v) is 15.6. The van der Waals surface area contributed by atoms with E-state index in [0.717, 1.165) is 55.1 Å². The highest BCUT2D eigenvalue weighted by Crippen LogP contribution is 2.54. The Hall–Kier alpha value is 0.0400. The maximum Gasteiger partial charge on any atom is 0.141 e. The Balaban J connectivity index is 1.11. The molecule has 9 atom stereocenters. The summed E-state index contributed by atoms with van der Waals surface area (Å²) in [6.45, 7) is 7.20. The molecule has 0 radical (unpaired) electrons. The average molecular weight is 559 g/mol. The van der Waals surface area contributed by atoms with E-state index >= 15 is 0 Å². The normalized spacial score (nSPS) is 46.1. The molecule has 0 N–H and O–H groups in total. The zero-order valence-electron chi connectivity index (χ0n) is 24.5. The van der Waals surface area contributed by atoms with Gasteiger partial charge in [-0.25, -0.2) is 0 Å². The topological polar surface area (TPSA) is 34.1 Å². The summed E-state index contributed by atoms with van der Waals surface area (Å²) in [4.78, 5) is 28.5. The van der Waals surface area contributed by atoms with E-state index in [1.807, 2.05) is 0 Å². The molecule has 0 saturated heterocycles. The predicted molar refractivity (Wildman–Crippen MR) is 163 cm³/mol. The second-order valence-corrected chi connectivity index (χ2v) is 18.4. The number of hydrogen-bond donors (Lipinski definition) is 0. The molecule has 4 heteroatoms. The van der Waals surface area contributed by atoms with Crippen LogP contribution in [0.4, 0.5) is 0 Å². The summed E-state index contributed by atoms with van der Waals surface area (Å²) >= 11 is 4.33. The largest absolute Gasteiger partial charge is 0.299 e. The minimum atomic E-state index is 0.0317. The fraction of sp³-hybridized carbons (Fsp3) is 0.941. The van der Waals surface area contributed by atoms with Crippen LogP contribution < -0.4 is 0 Å². The van der Waals surface area contributed by atoms with E-state index in [1.165, 1.54) is 77.0 Å². The van der Waals surface area contributed by atoms with E-state index in [2.05, 4.69) is 44.3 Å². The number of fused-ring (bicyclic) bond motifs is 3. The molecule has 38 heavy (non-hydrogen) atoms. The van der Waals surface area contributed by atoms with E-state index in [-0.39, 0.29) is 23.7 Å². The van der Waals surface area contributed by atoms with Crippen molar-refractivity contribution < 1.29 is 9.59 Å². The van der Waals surface area contributed by atoms with Crippen LogP contribution in [0.3, 0.4) is 0 Å². The molecule has 0 aromatic heterocycles. The summed E-state index contributed by atoms with van der Waals surface area (Å²) < 4.78 is 0. The van der Waals surface area contributed by atoms with Gasteiger partial charge in [0.15, 0.2) is 0 Å². The third-order valence-electron chi connectivity index (χ3n) is 12.2. The summed E-state index contributed by atoms with van der Waals surface area (Å²) in [5, 5.41) is 2.24. The lowest BCUT2D eigenvalue weighted by Gasteiger charge is -2.50. The quantitative estimate of drug-likeness (QED) is 0.344. The molecular formula is C34H54O2S2. The molecule has 0 amide bonds. The molecule has 0 bridgehead atoms. The van der Waals surface area contributed by atoms with Gasteiger partial charge in [-0.15, -0.1) is 0 Å². The van der Waals surface area contributed by atoms with Gasteiger partial charge in [0.1, 0.15) is 11.6 Å². The Labute approximate surface area is 241 Å². The standard InChI is InChI=1S/C34H54O2S2/c1-34(2,3)23-15-18-24(19-16-23)37-28-12-6-10-26-30(28)32(35)27-11-7-13-29(31(27)33(26)36)38-25-17-14-21-8-4-5-9-22(21)20-25/h21-31H,4-20H2,1-3H3. The fourth-order valence-corrected chi connectivity index (χ4v) is 13.8. The van der Waals surface area contributed by atoms with Crippen LogP contribution in [-0.4, -0.2) is 32.6 Å². The van der Waals surface area contributed by atoms with Gasteiger partial charge in [0.2, 0.25) is 0 Å². The van der Waals surface area contributed by atoms with Gasteiger partial charge in [0, 0.05) is 44.7 Å². The maximum absolute atomic E-state index is 14.2. The van der Waals surface area contributed by atoms with Crippen molar-refractivity contribution in [2.75, 3.05) is 0 Å². The molecule has 0 aliphatic heterocycles. The summed E-state index contributed by atoms with van der Waals surface area (Å²) in [6, 6.07) is 0. The number of hydrogen-bond acceptors (Lipinski definition) is 4. The minimum Gasteiger partial charge on any atom is -0.299 e. The lowest BCUT2D eigenvalue weighted by atomic mass is 9.58. The van der Waals surface area contributed by atoms with Crippen LogP contribution in [0, 0.1) is 46.8 Å². The molecule has 6 aliphatic rings. The van der Waals surface area contributed by atoms with E-state index in [4.69, 9.17) is 0 Å². The van der Waals surface area contributed by atoms with Gasteiger partial charge < -0.3 is 0 Å². The van der Waals surface area contributed by atoms with Crippen molar-refractivity contribution in [3.05, 3.63) is 0 Å². The number of ketones is 2. The summed E-state index contributed by atoms with van der Waals surface area (Å²) in [7, 11) is 0. The van der Waals surface area contributed by atoms with Crippen LogP contribution in [0.25, 0.3) is 0 Å². The molecule has 0 spiro atoms. The minimum absolute atomic E-state index is 0.0317. The smallest absolute Gasteiger partial charge is 0.141 e. The summed E-state index contributed by atoms with van der Waals surface area (Å²) in [5.41, 5.74) is 0.414. The van der Waals surface area contributed by atoms with Crippen LogP contribution in [0.1, 0.15) is 130 Å². The fourth-order valence-electron chi connectivity index (χ4n) is 10.0. The van der Waals surface area contributed by atoms with Crippen molar-refractivity contribution in [2.24, 2.45) is 46.8 Å². The zero-order chi connectivity index (χ0) is 26.4. The van der Waals surface area contributed by atoms with Gasteiger partial charge in [-0.3, -0.25) is 9.59 Å². The highest BCUT2D eigenvalue weighted by Gasteiger charge is 2.56. The second kappa shape index (κ2) is 11.7. The molecule has 2 nitrogen and oxygen atoms in total. The molecule has 0 aromatic carbocycles. The van der Waals surface area contributed by atoms with Crippen LogP contribution in [0.2, 0.25) is 0 Å². The molecule has 6 aliphatic carbocycles. The van der Waals surface area contributed by atoms with Gasteiger partial charge in [0.05, 0.1) is 0 Å². The van der Waals surface area contributed by atoms with Crippen LogP contribution in [0.5, 0.6) is 0 Å². The SMILES string of the molecule is CC(C)(C)C1CCC(SC2CCCC3C(=O)C4C(SC5CCC6CCCCC6C5)CCCC4C(=O)C23)CC1. The first-order valence-corrected chi connectivity index (χ1v) is 18.6. The average Bonchev–Trinajstić information content (AvgIpc) is 2.91. The van der Waals surface area contributed by atoms with E-state index in [9.17, 15) is 9.59 Å². The number of carbonyl (C=O) groups excluding carboxylic acids is 2. The molecule has 214 valence electrons. The van der Waals surface area contributed by atoms with E-state index in [1.54, 1.807) is 0 Å². The predicted octanol–water partition coefficient (Wildman–Crippen LogP) is 9.14. The van der Waals surface area contributed by atoms with Crippen LogP contribution in [-0.2, 0) is 9.59 Å². The van der Waals surface area contributed by atoms with Crippen molar-refractivity contribution in [1.82, 2.24) is 0 Å². The first-order valence-electron chi connectivity index (χ1n) is 16.7. The molecular weight excluding hydrogens is 505 g/mol. The van der Waals surface area contributed by atoms with Gasteiger partial charge in [-0.05, 0) is 93.8 Å². The molecule has 6 fully saturated rings. The van der Waals surface area contributed by atoms with Gasteiger partial charge in [-0.1, -0.05) is 59.3 Å². The number of thioether (sulfide) groups is 2. The molecule has 0 heterocycles. The van der Waals surface area contributed by atoms with Gasteiger partial charge in [0.25, 0.3) is 0 Å². The zero-order valence-corrected chi connectivity index (χ0v) is 26.1. The van der Waals surface area contributed by atoms with Crippen molar-refractivity contribution in [2.45, 2.75) is 151 Å². The highest BCUT2D eigenvalue weighted by molar-refractivity contribution is 8.00. The lowest BCUT2D eigenvalue weighted by molar-refractivity contribution is -0.150. The Bertz CT molecular complexity index is 855. The highest BCUT2D eigenvalue weighted by atomic mass is 32.2. The maximum atomic E-state index is 14.2.